The molecule has 0 atom stereocenters. The number of amides is 1. The van der Waals surface area contributed by atoms with Gasteiger partial charge >= 0.3 is 0 Å². The van der Waals surface area contributed by atoms with Gasteiger partial charge in [0.2, 0.25) is 5.91 Å². The Balaban J connectivity index is 1.26. The fraction of sp³-hybridized carbons (Fsp3) is 0.300. The van der Waals surface area contributed by atoms with E-state index in [0.717, 1.165) is 37.3 Å². The Morgan fingerprint density at radius 3 is 2.59 bits per heavy atom. The highest BCUT2D eigenvalue weighted by Crippen LogP contribution is 2.22. The maximum atomic E-state index is 13.6. The van der Waals surface area contributed by atoms with Crippen molar-refractivity contribution in [2.45, 2.75) is 6.42 Å². The number of rotatable bonds is 5. The van der Waals surface area contributed by atoms with Gasteiger partial charge in [-0.1, -0.05) is 24.3 Å². The lowest BCUT2D eigenvalue weighted by atomic mass is 10.2. The van der Waals surface area contributed by atoms with Crippen molar-refractivity contribution < 1.29 is 13.6 Å². The number of halogens is 1. The molecule has 0 unspecified atom stereocenters. The number of anilines is 2. The van der Waals surface area contributed by atoms with Gasteiger partial charge in [-0.3, -0.25) is 9.69 Å². The minimum atomic E-state index is -0.419. The molecule has 140 valence electrons. The molecule has 0 bridgehead atoms. The van der Waals surface area contributed by atoms with E-state index in [2.05, 4.69) is 20.1 Å². The average Bonchev–Trinajstić information content (AvgIpc) is 3.13. The lowest BCUT2D eigenvalue weighted by molar-refractivity contribution is -0.116. The van der Waals surface area contributed by atoms with Crippen LogP contribution < -0.4 is 10.2 Å². The molecule has 7 heteroatoms. The second-order valence-corrected chi connectivity index (χ2v) is 6.57. The van der Waals surface area contributed by atoms with E-state index in [4.69, 9.17) is 4.42 Å². The summed E-state index contributed by atoms with van der Waals surface area (Å²) in [7, 11) is 0. The number of benzene rings is 2. The Bertz CT molecular complexity index is 901. The summed E-state index contributed by atoms with van der Waals surface area (Å²) in [6.45, 7) is 3.88. The molecule has 3 aromatic rings. The van der Waals surface area contributed by atoms with Gasteiger partial charge in [-0.15, -0.1) is 0 Å². The molecule has 1 amide bonds. The lowest BCUT2D eigenvalue weighted by Gasteiger charge is -2.33. The first-order valence-electron chi connectivity index (χ1n) is 9.06. The molecule has 1 N–H and O–H groups in total. The van der Waals surface area contributed by atoms with E-state index in [-0.39, 0.29) is 11.6 Å². The number of piperazine rings is 1. The van der Waals surface area contributed by atoms with Gasteiger partial charge < -0.3 is 14.6 Å². The molecule has 1 saturated heterocycles. The van der Waals surface area contributed by atoms with Crippen molar-refractivity contribution in [1.82, 2.24) is 9.88 Å². The highest BCUT2D eigenvalue weighted by Gasteiger charge is 2.21. The summed E-state index contributed by atoms with van der Waals surface area (Å²) in [5.74, 6) is -0.598. The fourth-order valence-electron chi connectivity index (χ4n) is 3.19. The molecule has 6 nitrogen and oxygen atoms in total. The summed E-state index contributed by atoms with van der Waals surface area (Å²) in [6.07, 6.45) is 0.331. The van der Waals surface area contributed by atoms with Crippen LogP contribution in [-0.4, -0.2) is 48.5 Å². The van der Waals surface area contributed by atoms with E-state index >= 15 is 0 Å². The Labute approximate surface area is 156 Å². The van der Waals surface area contributed by atoms with Gasteiger partial charge in [-0.25, -0.2) is 4.39 Å². The molecule has 0 radical (unpaired) electrons. The number of aromatic nitrogens is 1. The van der Waals surface area contributed by atoms with Crippen molar-refractivity contribution in [3.05, 3.63) is 54.3 Å². The lowest BCUT2D eigenvalue weighted by Crippen LogP contribution is -2.47. The SMILES string of the molecule is O=C(CCN1CCN(c2nc3ccccc3o2)CC1)Nc1ccccc1F. The maximum Gasteiger partial charge on any atom is 0.298 e. The van der Waals surface area contributed by atoms with Crippen molar-refractivity contribution in [1.29, 1.82) is 0 Å². The van der Waals surface area contributed by atoms with E-state index < -0.39 is 5.82 Å². The molecule has 27 heavy (non-hydrogen) atoms. The third-order valence-corrected chi connectivity index (χ3v) is 4.73. The highest BCUT2D eigenvalue weighted by atomic mass is 19.1. The second kappa shape index (κ2) is 7.75. The molecule has 2 aromatic carbocycles. The second-order valence-electron chi connectivity index (χ2n) is 6.57. The number of carbonyl (C=O) groups is 1. The Kier molecular flexibility index (Phi) is 5.02. The molecule has 0 spiro atoms. The van der Waals surface area contributed by atoms with Gasteiger partial charge in [0.15, 0.2) is 5.58 Å². The van der Waals surface area contributed by atoms with Crippen molar-refractivity contribution in [2.24, 2.45) is 0 Å². The van der Waals surface area contributed by atoms with Crippen LogP contribution in [0, 0.1) is 5.82 Å². The summed E-state index contributed by atoms with van der Waals surface area (Å²) in [4.78, 5) is 20.9. The van der Waals surface area contributed by atoms with Crippen LogP contribution in [0.3, 0.4) is 0 Å². The van der Waals surface area contributed by atoms with E-state index in [9.17, 15) is 9.18 Å². The van der Waals surface area contributed by atoms with Gasteiger partial charge in [-0.2, -0.15) is 4.98 Å². The van der Waals surface area contributed by atoms with E-state index in [0.29, 0.717) is 19.0 Å². The van der Waals surface area contributed by atoms with Crippen LogP contribution in [0.1, 0.15) is 6.42 Å². The molecule has 1 aliphatic rings. The van der Waals surface area contributed by atoms with E-state index in [1.165, 1.54) is 6.07 Å². The molecule has 4 rings (SSSR count). The first kappa shape index (κ1) is 17.5. The van der Waals surface area contributed by atoms with E-state index in [1.54, 1.807) is 18.2 Å². The van der Waals surface area contributed by atoms with Crippen LogP contribution in [0.5, 0.6) is 0 Å². The zero-order valence-corrected chi connectivity index (χ0v) is 14.9. The summed E-state index contributed by atoms with van der Waals surface area (Å²) < 4.78 is 19.4. The topological polar surface area (TPSA) is 61.6 Å². The van der Waals surface area contributed by atoms with Gasteiger partial charge in [-0.05, 0) is 24.3 Å². The van der Waals surface area contributed by atoms with Gasteiger partial charge in [0, 0.05) is 39.1 Å². The van der Waals surface area contributed by atoms with Crippen LogP contribution in [0.4, 0.5) is 16.1 Å². The summed E-state index contributed by atoms with van der Waals surface area (Å²) in [6, 6.07) is 14.6. The van der Waals surface area contributed by atoms with Crippen molar-refractivity contribution >= 4 is 28.7 Å². The number of hydrogen-bond donors (Lipinski definition) is 1. The highest BCUT2D eigenvalue weighted by molar-refractivity contribution is 5.90. The van der Waals surface area contributed by atoms with Crippen LogP contribution in [-0.2, 0) is 4.79 Å². The van der Waals surface area contributed by atoms with Crippen LogP contribution >= 0.6 is 0 Å². The minimum absolute atomic E-state index is 0.179. The number of nitrogens with zero attached hydrogens (tertiary/aromatic N) is 3. The molecule has 2 heterocycles. The number of oxazole rings is 1. The van der Waals surface area contributed by atoms with Gasteiger partial charge in [0.25, 0.3) is 6.01 Å². The number of carbonyl (C=O) groups excluding carboxylic acids is 1. The maximum absolute atomic E-state index is 13.6. The number of hydrogen-bond acceptors (Lipinski definition) is 5. The van der Waals surface area contributed by atoms with Crippen molar-refractivity contribution in [2.75, 3.05) is 42.9 Å². The molecular weight excluding hydrogens is 347 g/mol. The van der Waals surface area contributed by atoms with Gasteiger partial charge in [0.05, 0.1) is 5.69 Å². The molecule has 0 saturated carbocycles. The number of nitrogens with one attached hydrogen (secondary N) is 1. The van der Waals surface area contributed by atoms with Crippen LogP contribution in [0.2, 0.25) is 0 Å². The smallest absolute Gasteiger partial charge is 0.298 e. The third kappa shape index (κ3) is 4.09. The van der Waals surface area contributed by atoms with E-state index in [1.807, 2.05) is 24.3 Å². The molecule has 1 aromatic heterocycles. The predicted octanol–water partition coefficient (Wildman–Crippen LogP) is 3.12. The van der Waals surface area contributed by atoms with Crippen molar-refractivity contribution in [3.8, 4) is 0 Å². The Morgan fingerprint density at radius 1 is 1.07 bits per heavy atom. The minimum Gasteiger partial charge on any atom is -0.423 e. The first-order valence-corrected chi connectivity index (χ1v) is 9.06. The fourth-order valence-corrected chi connectivity index (χ4v) is 3.19. The number of para-hydroxylation sites is 3. The van der Waals surface area contributed by atoms with Crippen LogP contribution in [0.15, 0.2) is 52.9 Å². The van der Waals surface area contributed by atoms with Crippen LogP contribution in [0.25, 0.3) is 11.1 Å². The molecule has 0 aliphatic carbocycles. The molecule has 1 fully saturated rings. The molecule has 1 aliphatic heterocycles. The summed E-state index contributed by atoms with van der Waals surface area (Å²) in [5, 5.41) is 2.62. The standard InChI is InChI=1S/C20H21FN4O2/c21-15-5-1-2-6-16(15)22-19(26)9-10-24-11-13-25(14-12-24)20-23-17-7-3-4-8-18(17)27-20/h1-8H,9-14H2,(H,22,26). The Morgan fingerprint density at radius 2 is 1.81 bits per heavy atom. The normalized spacial score (nSPS) is 15.2. The first-order chi connectivity index (χ1) is 13.2. The Hall–Kier alpha value is -2.93. The monoisotopic (exact) mass is 368 g/mol. The zero-order chi connectivity index (χ0) is 18.6. The van der Waals surface area contributed by atoms with Gasteiger partial charge in [0.1, 0.15) is 11.3 Å². The molecular formula is C20H21FN4O2. The quantitative estimate of drug-likeness (QED) is 0.750. The summed E-state index contributed by atoms with van der Waals surface area (Å²) in [5.41, 5.74) is 1.88. The third-order valence-electron chi connectivity index (χ3n) is 4.73. The number of fused-ring (bicyclic) bond motifs is 1. The zero-order valence-electron chi connectivity index (χ0n) is 14.9. The largest absolute Gasteiger partial charge is 0.423 e. The van der Waals surface area contributed by atoms with Crippen molar-refractivity contribution in [3.63, 3.8) is 0 Å². The average molecular weight is 368 g/mol. The summed E-state index contributed by atoms with van der Waals surface area (Å²) >= 11 is 0. The predicted molar refractivity (Wildman–Crippen MR) is 102 cm³/mol.